The van der Waals surface area contributed by atoms with Crippen LogP contribution in [0.5, 0.6) is 0 Å². The first kappa shape index (κ1) is 18.1. The minimum Gasteiger partial charge on any atom is -0.337 e. The molecule has 1 aliphatic rings. The Morgan fingerprint density at radius 3 is 2.69 bits per heavy atom. The van der Waals surface area contributed by atoms with Crippen molar-refractivity contribution in [1.29, 1.82) is 0 Å². The number of rotatable bonds is 4. The first-order valence-electron chi connectivity index (χ1n) is 8.30. The second kappa shape index (κ2) is 7.67. The number of aryl methyl sites for hydroxylation is 1. The van der Waals surface area contributed by atoms with Gasteiger partial charge in [-0.15, -0.1) is 20.4 Å². The second-order valence-electron chi connectivity index (χ2n) is 5.93. The Morgan fingerprint density at radius 1 is 1.12 bits per heavy atom. The third kappa shape index (κ3) is 4.46. The fourth-order valence-corrected chi connectivity index (χ4v) is 2.73. The number of nitrogens with zero attached hydrogens (tertiary/aromatic N) is 5. The highest BCUT2D eigenvalue weighted by atomic mass is 19.4. The van der Waals surface area contributed by atoms with E-state index in [0.29, 0.717) is 13.0 Å². The molecule has 0 saturated heterocycles. The number of hydrogen-bond acceptors (Lipinski definition) is 5. The second-order valence-corrected chi connectivity index (χ2v) is 5.93. The molecule has 2 N–H and O–H groups in total. The summed E-state index contributed by atoms with van der Waals surface area (Å²) in [5.74, 6) is 1.73. The van der Waals surface area contributed by atoms with Gasteiger partial charge in [0, 0.05) is 25.9 Å². The van der Waals surface area contributed by atoms with Crippen LogP contribution in [0.4, 0.5) is 23.8 Å². The van der Waals surface area contributed by atoms with Gasteiger partial charge >= 0.3 is 12.2 Å². The molecule has 1 aliphatic heterocycles. The monoisotopic (exact) mass is 369 g/mol. The number of urea groups is 1. The topological polar surface area (TPSA) is 97.6 Å². The van der Waals surface area contributed by atoms with Crippen LogP contribution in [-0.4, -0.2) is 37.5 Å². The smallest absolute Gasteiger partial charge is 0.337 e. The van der Waals surface area contributed by atoms with Crippen LogP contribution < -0.4 is 10.6 Å². The van der Waals surface area contributed by atoms with Crippen molar-refractivity contribution in [3.63, 3.8) is 0 Å². The molecule has 0 aliphatic carbocycles. The summed E-state index contributed by atoms with van der Waals surface area (Å²) < 4.78 is 39.3. The number of halogens is 3. The molecule has 0 unspecified atom stereocenters. The van der Waals surface area contributed by atoms with Crippen molar-refractivity contribution in [3.05, 3.63) is 29.5 Å². The molecule has 8 nitrogen and oxygen atoms in total. The summed E-state index contributed by atoms with van der Waals surface area (Å²) in [7, 11) is 0. The van der Waals surface area contributed by atoms with E-state index >= 15 is 0 Å². The predicted octanol–water partition coefficient (Wildman–Crippen LogP) is 2.18. The van der Waals surface area contributed by atoms with Crippen molar-refractivity contribution in [1.82, 2.24) is 30.3 Å². The standard InChI is InChI=1S/C15H18F3N7O/c16-15(17,18)10-5-6-11(22-21-10)20-14(26)19-8-7-13-24-23-12-4-2-1-3-9-25(12)13/h5-6H,1-4,7-9H2,(H2,19,20,22,26). The molecule has 11 heteroatoms. The first-order chi connectivity index (χ1) is 12.4. The lowest BCUT2D eigenvalue weighted by Gasteiger charge is -2.09. The highest BCUT2D eigenvalue weighted by molar-refractivity contribution is 5.88. The molecule has 0 aromatic carbocycles. The van der Waals surface area contributed by atoms with Crippen LogP contribution in [0, 0.1) is 0 Å². The molecule has 26 heavy (non-hydrogen) atoms. The number of aromatic nitrogens is 5. The molecule has 2 aromatic heterocycles. The number of hydrogen-bond donors (Lipinski definition) is 2. The maximum absolute atomic E-state index is 12.4. The van der Waals surface area contributed by atoms with E-state index in [9.17, 15) is 18.0 Å². The molecular formula is C15H18F3N7O. The number of carbonyl (C=O) groups is 1. The van der Waals surface area contributed by atoms with Gasteiger partial charge in [0.1, 0.15) is 11.6 Å². The van der Waals surface area contributed by atoms with Gasteiger partial charge in [-0.1, -0.05) is 6.42 Å². The van der Waals surface area contributed by atoms with Crippen LogP contribution in [0.2, 0.25) is 0 Å². The molecule has 0 radical (unpaired) electrons. The van der Waals surface area contributed by atoms with E-state index in [0.717, 1.165) is 56.0 Å². The molecule has 140 valence electrons. The first-order valence-corrected chi connectivity index (χ1v) is 8.30. The third-order valence-electron chi connectivity index (χ3n) is 4.02. The summed E-state index contributed by atoms with van der Waals surface area (Å²) in [6.45, 7) is 1.20. The number of fused-ring (bicyclic) bond motifs is 1. The van der Waals surface area contributed by atoms with Crippen LogP contribution >= 0.6 is 0 Å². The molecule has 0 bridgehead atoms. The summed E-state index contributed by atoms with van der Waals surface area (Å²) >= 11 is 0. The fraction of sp³-hybridized carbons (Fsp3) is 0.533. The van der Waals surface area contributed by atoms with Crippen molar-refractivity contribution in [2.75, 3.05) is 11.9 Å². The van der Waals surface area contributed by atoms with Gasteiger partial charge in [0.25, 0.3) is 0 Å². The fourth-order valence-electron chi connectivity index (χ4n) is 2.73. The Kier molecular flexibility index (Phi) is 5.33. The van der Waals surface area contributed by atoms with Crippen molar-refractivity contribution in [2.24, 2.45) is 0 Å². The summed E-state index contributed by atoms with van der Waals surface area (Å²) in [6, 6.07) is 1.23. The van der Waals surface area contributed by atoms with E-state index in [1.807, 2.05) is 0 Å². The predicted molar refractivity (Wildman–Crippen MR) is 85.3 cm³/mol. The quantitative estimate of drug-likeness (QED) is 0.861. The molecule has 0 fully saturated rings. The zero-order chi connectivity index (χ0) is 18.6. The SMILES string of the molecule is O=C(NCCc1nnc2n1CCCCC2)Nc1ccc(C(F)(F)F)nn1. The molecular weight excluding hydrogens is 351 g/mol. The zero-order valence-corrected chi connectivity index (χ0v) is 13.9. The largest absolute Gasteiger partial charge is 0.435 e. The van der Waals surface area contributed by atoms with Gasteiger partial charge in [0.15, 0.2) is 11.5 Å². The Morgan fingerprint density at radius 2 is 1.96 bits per heavy atom. The number of anilines is 1. The van der Waals surface area contributed by atoms with E-state index in [2.05, 4.69) is 35.6 Å². The maximum atomic E-state index is 12.4. The molecule has 2 amide bonds. The van der Waals surface area contributed by atoms with Crippen LogP contribution in [0.15, 0.2) is 12.1 Å². The lowest BCUT2D eigenvalue weighted by molar-refractivity contribution is -0.141. The van der Waals surface area contributed by atoms with Crippen LogP contribution in [-0.2, 0) is 25.6 Å². The van der Waals surface area contributed by atoms with Gasteiger partial charge in [0.2, 0.25) is 0 Å². The zero-order valence-electron chi connectivity index (χ0n) is 13.9. The molecule has 3 heterocycles. The molecule has 0 atom stereocenters. The van der Waals surface area contributed by atoms with E-state index < -0.39 is 17.9 Å². The molecule has 0 saturated carbocycles. The van der Waals surface area contributed by atoms with Gasteiger partial charge < -0.3 is 9.88 Å². The Balaban J connectivity index is 1.48. The summed E-state index contributed by atoms with van der Waals surface area (Å²) in [6.07, 6.45) is 0.208. The molecule has 2 aromatic rings. The minimum atomic E-state index is -4.57. The van der Waals surface area contributed by atoms with Crippen molar-refractivity contribution < 1.29 is 18.0 Å². The number of carbonyl (C=O) groups excluding carboxylic acids is 1. The normalized spacial score (nSPS) is 14.4. The molecule has 0 spiro atoms. The van der Waals surface area contributed by atoms with Crippen molar-refractivity contribution >= 4 is 11.8 Å². The highest BCUT2D eigenvalue weighted by Crippen LogP contribution is 2.27. The number of amides is 2. The number of nitrogens with one attached hydrogen (secondary N) is 2. The van der Waals surface area contributed by atoms with Crippen LogP contribution in [0.1, 0.15) is 36.6 Å². The maximum Gasteiger partial charge on any atom is 0.435 e. The summed E-state index contributed by atoms with van der Waals surface area (Å²) in [5, 5.41) is 19.7. The average molecular weight is 369 g/mol. The lowest BCUT2D eigenvalue weighted by atomic mass is 10.2. The summed E-state index contributed by atoms with van der Waals surface area (Å²) in [4.78, 5) is 11.8. The van der Waals surface area contributed by atoms with E-state index in [1.165, 1.54) is 0 Å². The van der Waals surface area contributed by atoms with Gasteiger partial charge in [-0.2, -0.15) is 13.2 Å². The van der Waals surface area contributed by atoms with Gasteiger partial charge in [-0.3, -0.25) is 5.32 Å². The van der Waals surface area contributed by atoms with Gasteiger partial charge in [-0.25, -0.2) is 4.79 Å². The lowest BCUT2D eigenvalue weighted by Crippen LogP contribution is -2.31. The van der Waals surface area contributed by atoms with Crippen LogP contribution in [0.3, 0.4) is 0 Å². The van der Waals surface area contributed by atoms with Crippen molar-refractivity contribution in [2.45, 2.75) is 44.8 Å². The third-order valence-corrected chi connectivity index (χ3v) is 4.02. The van der Waals surface area contributed by atoms with E-state index in [1.54, 1.807) is 0 Å². The van der Waals surface area contributed by atoms with Gasteiger partial charge in [0.05, 0.1) is 0 Å². The van der Waals surface area contributed by atoms with Gasteiger partial charge in [-0.05, 0) is 25.0 Å². The summed E-state index contributed by atoms with van der Waals surface area (Å²) in [5.41, 5.74) is -1.11. The Labute approximate surface area is 147 Å². The number of alkyl halides is 3. The van der Waals surface area contributed by atoms with E-state index in [-0.39, 0.29) is 5.82 Å². The van der Waals surface area contributed by atoms with E-state index in [4.69, 9.17) is 0 Å². The van der Waals surface area contributed by atoms with Crippen LogP contribution in [0.25, 0.3) is 0 Å². The Hall–Kier alpha value is -2.72. The van der Waals surface area contributed by atoms with Crippen molar-refractivity contribution in [3.8, 4) is 0 Å². The minimum absolute atomic E-state index is 0.0631. The average Bonchev–Trinajstić information content (AvgIpc) is 2.82. The highest BCUT2D eigenvalue weighted by Gasteiger charge is 2.32. The molecule has 3 rings (SSSR count). The Bertz CT molecular complexity index is 758.